The molecule has 0 rings (SSSR count). The highest BCUT2D eigenvalue weighted by atomic mass is 16.5. The molecule has 0 bridgehead atoms. The third-order valence-electron chi connectivity index (χ3n) is 13.3. The lowest BCUT2D eigenvalue weighted by atomic mass is 10.0. The van der Waals surface area contributed by atoms with Crippen molar-refractivity contribution in [3.8, 4) is 0 Å². The number of carbonyl (C=O) groups excluding carboxylic acids is 2. The Morgan fingerprint density at radius 2 is 0.746 bits per heavy atom. The maximum atomic E-state index is 12.5. The predicted octanol–water partition coefficient (Wildman–Crippen LogP) is 17.3. The van der Waals surface area contributed by atoms with E-state index in [9.17, 15) is 19.8 Å². The van der Waals surface area contributed by atoms with Crippen LogP contribution in [0.3, 0.4) is 0 Å². The second kappa shape index (κ2) is 53.2. The van der Waals surface area contributed by atoms with Gasteiger partial charge in [-0.2, -0.15) is 0 Å². The minimum atomic E-state index is -0.664. The lowest BCUT2D eigenvalue weighted by molar-refractivity contribution is -0.143. The molecule has 0 aliphatic heterocycles. The lowest BCUT2D eigenvalue weighted by Gasteiger charge is -2.22. The summed E-state index contributed by atoms with van der Waals surface area (Å²) in [7, 11) is 0. The lowest BCUT2D eigenvalue weighted by Crippen LogP contribution is -2.45. The van der Waals surface area contributed by atoms with Gasteiger partial charge in [0.05, 0.1) is 25.4 Å². The summed E-state index contributed by atoms with van der Waals surface area (Å²) in [5.41, 5.74) is 0. The van der Waals surface area contributed by atoms with E-state index in [0.29, 0.717) is 25.9 Å². The van der Waals surface area contributed by atoms with Gasteiger partial charge in [0, 0.05) is 12.8 Å². The molecule has 0 saturated carbocycles. The average molecular weight is 891 g/mol. The number of nitrogens with one attached hydrogen (secondary N) is 1. The first-order valence-corrected chi connectivity index (χ1v) is 28.4. The van der Waals surface area contributed by atoms with Crippen LogP contribution in [0.2, 0.25) is 0 Å². The fourth-order valence-corrected chi connectivity index (χ4v) is 8.93. The molecule has 0 heterocycles. The topological polar surface area (TPSA) is 95.9 Å². The van der Waals surface area contributed by atoms with E-state index in [0.717, 1.165) is 44.9 Å². The van der Waals surface area contributed by atoms with Crippen LogP contribution in [-0.4, -0.2) is 47.4 Å². The molecule has 6 nitrogen and oxygen atoms in total. The van der Waals surface area contributed by atoms with Crippen LogP contribution in [0, 0.1) is 0 Å². The fraction of sp³-hybridized carbons (Fsp3) is 0.930. The van der Waals surface area contributed by atoms with Gasteiger partial charge < -0.3 is 20.3 Å². The van der Waals surface area contributed by atoms with Gasteiger partial charge in [-0.1, -0.05) is 264 Å². The van der Waals surface area contributed by atoms with E-state index >= 15 is 0 Å². The van der Waals surface area contributed by atoms with E-state index in [-0.39, 0.29) is 18.5 Å². The monoisotopic (exact) mass is 890 g/mol. The summed E-state index contributed by atoms with van der Waals surface area (Å²) < 4.78 is 5.47. The molecule has 1 amide bonds. The number of esters is 1. The first kappa shape index (κ1) is 61.6. The van der Waals surface area contributed by atoms with E-state index in [1.54, 1.807) is 0 Å². The van der Waals surface area contributed by atoms with Crippen LogP contribution >= 0.6 is 0 Å². The van der Waals surface area contributed by atoms with Crippen LogP contribution in [-0.2, 0) is 14.3 Å². The zero-order valence-corrected chi connectivity index (χ0v) is 42.6. The molecule has 0 radical (unpaired) electrons. The Bertz CT molecular complexity index is 939. The van der Waals surface area contributed by atoms with Crippen LogP contribution in [0.1, 0.15) is 316 Å². The van der Waals surface area contributed by atoms with E-state index in [4.69, 9.17) is 4.74 Å². The molecule has 0 aliphatic carbocycles. The molecule has 0 spiro atoms. The molecule has 0 aliphatic rings. The number of unbranched alkanes of at least 4 members (excludes halogenated alkanes) is 40. The molecular weight excluding hydrogens is 779 g/mol. The number of carbonyl (C=O) groups is 2. The van der Waals surface area contributed by atoms with Crippen LogP contribution in [0.4, 0.5) is 0 Å². The molecule has 374 valence electrons. The van der Waals surface area contributed by atoms with Crippen LogP contribution in [0.15, 0.2) is 12.2 Å². The SMILES string of the molecule is CCCCCC/C=C\CCCCCCCC(=O)OCCCCCCCCCCCCCCCCCCCCCCC(=O)NC(CO)C(O)CCCCCCCCCCCCCCC. The van der Waals surface area contributed by atoms with Crippen LogP contribution in [0.5, 0.6) is 0 Å². The maximum absolute atomic E-state index is 12.5. The number of aliphatic hydroxyl groups is 2. The highest BCUT2D eigenvalue weighted by Gasteiger charge is 2.20. The molecule has 0 aromatic heterocycles. The van der Waals surface area contributed by atoms with Crippen LogP contribution < -0.4 is 5.32 Å². The summed E-state index contributed by atoms with van der Waals surface area (Å²) in [6, 6.07) is -0.541. The van der Waals surface area contributed by atoms with Gasteiger partial charge in [-0.15, -0.1) is 0 Å². The number of allylic oxidation sites excluding steroid dienone is 2. The Labute approximate surface area is 393 Å². The second-order valence-electron chi connectivity index (χ2n) is 19.6. The molecule has 2 unspecified atom stereocenters. The van der Waals surface area contributed by atoms with Crippen molar-refractivity contribution in [3.05, 3.63) is 12.2 Å². The summed E-state index contributed by atoms with van der Waals surface area (Å²) in [6.07, 6.45) is 62.0. The minimum absolute atomic E-state index is 0.00170. The molecule has 63 heavy (non-hydrogen) atoms. The van der Waals surface area contributed by atoms with Gasteiger partial charge in [0.25, 0.3) is 0 Å². The fourth-order valence-electron chi connectivity index (χ4n) is 8.93. The van der Waals surface area contributed by atoms with E-state index < -0.39 is 12.1 Å². The highest BCUT2D eigenvalue weighted by molar-refractivity contribution is 5.76. The number of hydrogen-bond donors (Lipinski definition) is 3. The van der Waals surface area contributed by atoms with Gasteiger partial charge >= 0.3 is 5.97 Å². The van der Waals surface area contributed by atoms with E-state index in [1.165, 1.54) is 238 Å². The van der Waals surface area contributed by atoms with Crippen molar-refractivity contribution in [3.63, 3.8) is 0 Å². The Hall–Kier alpha value is -1.40. The standard InChI is InChI=1S/C57H111NO5/c1-3-5-7-9-11-13-15-25-29-33-37-41-45-49-55(60)54(53-59)58-56(61)50-46-42-38-34-30-27-23-21-19-17-18-20-22-24-28-32-36-40-44-48-52-63-57(62)51-47-43-39-35-31-26-16-14-12-10-8-6-4-2/h14,16,54-55,59-60H,3-13,15,17-53H2,1-2H3,(H,58,61)/b16-14-. The number of hydrogen-bond acceptors (Lipinski definition) is 5. The molecule has 2 atom stereocenters. The molecule has 6 heteroatoms. The van der Waals surface area contributed by atoms with Crippen molar-refractivity contribution < 1.29 is 24.5 Å². The zero-order chi connectivity index (χ0) is 45.8. The van der Waals surface area contributed by atoms with Gasteiger partial charge in [0.2, 0.25) is 5.91 Å². The van der Waals surface area contributed by atoms with Crippen molar-refractivity contribution >= 4 is 11.9 Å². The van der Waals surface area contributed by atoms with Gasteiger partial charge in [0.15, 0.2) is 0 Å². The molecule has 0 aromatic rings. The average Bonchev–Trinajstić information content (AvgIpc) is 3.28. The Morgan fingerprint density at radius 3 is 1.14 bits per heavy atom. The number of rotatable bonds is 53. The summed E-state index contributed by atoms with van der Waals surface area (Å²) in [4.78, 5) is 24.5. The molecule has 0 fully saturated rings. The third-order valence-corrected chi connectivity index (χ3v) is 13.3. The largest absolute Gasteiger partial charge is 0.466 e. The van der Waals surface area contributed by atoms with Crippen molar-refractivity contribution in [2.45, 2.75) is 328 Å². The Kier molecular flexibility index (Phi) is 52.0. The summed E-state index contributed by atoms with van der Waals surface area (Å²) >= 11 is 0. The normalized spacial score (nSPS) is 12.6. The predicted molar refractivity (Wildman–Crippen MR) is 273 cm³/mol. The van der Waals surface area contributed by atoms with Crippen LogP contribution in [0.25, 0.3) is 0 Å². The molecule has 3 N–H and O–H groups in total. The van der Waals surface area contributed by atoms with Crippen molar-refractivity contribution in [1.82, 2.24) is 5.32 Å². The second-order valence-corrected chi connectivity index (χ2v) is 19.6. The van der Waals surface area contributed by atoms with E-state index in [1.807, 2.05) is 0 Å². The molecule has 0 saturated heterocycles. The number of amides is 1. The Balaban J connectivity index is 3.38. The van der Waals surface area contributed by atoms with Crippen molar-refractivity contribution in [2.75, 3.05) is 13.2 Å². The summed E-state index contributed by atoms with van der Waals surface area (Å²) in [5.74, 6) is -0.0342. The molecular formula is C57H111NO5. The zero-order valence-electron chi connectivity index (χ0n) is 42.6. The smallest absolute Gasteiger partial charge is 0.305 e. The number of ether oxygens (including phenoxy) is 1. The third kappa shape index (κ3) is 49.9. The minimum Gasteiger partial charge on any atom is -0.466 e. The van der Waals surface area contributed by atoms with Gasteiger partial charge in [-0.25, -0.2) is 0 Å². The van der Waals surface area contributed by atoms with E-state index in [2.05, 4.69) is 31.3 Å². The molecule has 0 aromatic carbocycles. The van der Waals surface area contributed by atoms with Gasteiger partial charge in [-0.3, -0.25) is 9.59 Å². The highest BCUT2D eigenvalue weighted by Crippen LogP contribution is 2.17. The first-order chi connectivity index (χ1) is 31.0. The Morgan fingerprint density at radius 1 is 0.429 bits per heavy atom. The van der Waals surface area contributed by atoms with Crippen molar-refractivity contribution in [2.24, 2.45) is 0 Å². The van der Waals surface area contributed by atoms with Gasteiger partial charge in [0.1, 0.15) is 0 Å². The summed E-state index contributed by atoms with van der Waals surface area (Å²) in [6.45, 7) is 4.94. The summed E-state index contributed by atoms with van der Waals surface area (Å²) in [5, 5.41) is 23.2. The van der Waals surface area contributed by atoms with Crippen molar-refractivity contribution in [1.29, 1.82) is 0 Å². The number of aliphatic hydroxyl groups excluding tert-OH is 2. The van der Waals surface area contributed by atoms with Gasteiger partial charge in [-0.05, 0) is 51.4 Å². The maximum Gasteiger partial charge on any atom is 0.305 e. The quantitative estimate of drug-likeness (QED) is 0.0321. The first-order valence-electron chi connectivity index (χ1n) is 28.4.